The lowest BCUT2D eigenvalue weighted by Gasteiger charge is -2.40. The van der Waals surface area contributed by atoms with E-state index in [-0.39, 0.29) is 31.1 Å². The van der Waals surface area contributed by atoms with E-state index in [0.717, 1.165) is 35.1 Å². The largest absolute Gasteiger partial charge is 0.480 e. The first-order valence-corrected chi connectivity index (χ1v) is 11.7. The number of carbonyl (C=O) groups excluding carboxylic acids is 2. The summed E-state index contributed by atoms with van der Waals surface area (Å²) in [7, 11) is 0. The second-order valence-corrected chi connectivity index (χ2v) is 8.73. The fourth-order valence-electron chi connectivity index (χ4n) is 4.58. The zero-order valence-corrected chi connectivity index (χ0v) is 19.2. The Bertz CT molecular complexity index is 1000. The molecule has 1 aliphatic carbocycles. The number of alkyl carbamates (subject to hydrolysis) is 1. The average molecular weight is 467 g/mol. The van der Waals surface area contributed by atoms with Gasteiger partial charge in [0.1, 0.15) is 19.3 Å². The molecule has 1 fully saturated rings. The summed E-state index contributed by atoms with van der Waals surface area (Å²) in [5, 5.41) is 11.5. The van der Waals surface area contributed by atoms with Gasteiger partial charge in [0.2, 0.25) is 5.91 Å². The van der Waals surface area contributed by atoms with Gasteiger partial charge in [0.05, 0.1) is 6.10 Å². The highest BCUT2D eigenvalue weighted by Gasteiger charge is 2.36. The van der Waals surface area contributed by atoms with Crippen molar-refractivity contribution in [3.05, 3.63) is 59.7 Å². The van der Waals surface area contributed by atoms with Crippen molar-refractivity contribution in [1.82, 2.24) is 10.2 Å². The fourth-order valence-corrected chi connectivity index (χ4v) is 4.58. The predicted octanol–water partition coefficient (Wildman–Crippen LogP) is 3.40. The van der Waals surface area contributed by atoms with Crippen LogP contribution in [0.2, 0.25) is 0 Å². The molecule has 1 saturated heterocycles. The number of carboxylic acids is 1. The first kappa shape index (κ1) is 23.8. The van der Waals surface area contributed by atoms with E-state index in [0.29, 0.717) is 19.5 Å². The number of hydrogen-bond acceptors (Lipinski definition) is 5. The summed E-state index contributed by atoms with van der Waals surface area (Å²) in [6.45, 7) is 2.46. The third-order valence-corrected chi connectivity index (χ3v) is 6.38. The van der Waals surface area contributed by atoms with Crippen LogP contribution in [-0.2, 0) is 19.1 Å². The predicted molar refractivity (Wildman–Crippen MR) is 125 cm³/mol. The Balaban J connectivity index is 1.34. The van der Waals surface area contributed by atoms with E-state index in [1.165, 1.54) is 0 Å². The van der Waals surface area contributed by atoms with Crippen LogP contribution in [0.5, 0.6) is 0 Å². The number of aliphatic carboxylic acids is 1. The highest BCUT2D eigenvalue weighted by atomic mass is 16.5. The van der Waals surface area contributed by atoms with Crippen LogP contribution in [0.3, 0.4) is 0 Å². The second-order valence-electron chi connectivity index (χ2n) is 8.73. The maximum atomic E-state index is 12.9. The molecule has 1 atom stereocenters. The molecule has 1 unspecified atom stereocenters. The van der Waals surface area contributed by atoms with Crippen molar-refractivity contribution in [1.29, 1.82) is 0 Å². The number of likely N-dealkylation sites (tertiary alicyclic amines) is 1. The Labute approximate surface area is 198 Å². The van der Waals surface area contributed by atoms with E-state index in [4.69, 9.17) is 14.6 Å². The van der Waals surface area contributed by atoms with Gasteiger partial charge in [-0.3, -0.25) is 4.79 Å². The lowest BCUT2D eigenvalue weighted by atomic mass is 9.98. The molecule has 8 nitrogen and oxygen atoms in total. The molecule has 0 saturated carbocycles. The molecule has 180 valence electrons. The van der Waals surface area contributed by atoms with Crippen LogP contribution in [0.4, 0.5) is 4.79 Å². The molecule has 2 amide bonds. The normalized spacial score (nSPS) is 15.7. The van der Waals surface area contributed by atoms with Crippen molar-refractivity contribution in [2.24, 2.45) is 0 Å². The van der Waals surface area contributed by atoms with Gasteiger partial charge in [0.15, 0.2) is 0 Å². The van der Waals surface area contributed by atoms with Gasteiger partial charge >= 0.3 is 12.1 Å². The number of ether oxygens (including phenoxy) is 2. The molecule has 34 heavy (non-hydrogen) atoms. The maximum absolute atomic E-state index is 12.9. The van der Waals surface area contributed by atoms with Gasteiger partial charge in [-0.25, -0.2) is 9.59 Å². The Morgan fingerprint density at radius 2 is 1.68 bits per heavy atom. The third-order valence-electron chi connectivity index (χ3n) is 6.38. The van der Waals surface area contributed by atoms with E-state index in [9.17, 15) is 14.4 Å². The molecule has 1 heterocycles. The molecule has 0 bridgehead atoms. The molecule has 1 aliphatic heterocycles. The highest BCUT2D eigenvalue weighted by molar-refractivity contribution is 5.86. The number of hydrogen-bond donors (Lipinski definition) is 2. The monoisotopic (exact) mass is 466 g/mol. The smallest absolute Gasteiger partial charge is 0.407 e. The van der Waals surface area contributed by atoms with E-state index < -0.39 is 18.1 Å². The minimum Gasteiger partial charge on any atom is -0.480 e. The number of fused-ring (bicyclic) bond motifs is 3. The summed E-state index contributed by atoms with van der Waals surface area (Å²) in [6, 6.07) is 15.6. The van der Waals surface area contributed by atoms with Gasteiger partial charge in [-0.2, -0.15) is 0 Å². The second kappa shape index (κ2) is 10.7. The van der Waals surface area contributed by atoms with Crippen LogP contribution in [-0.4, -0.2) is 66.4 Å². The number of amides is 2. The quantitative estimate of drug-likeness (QED) is 0.556. The molecule has 0 spiro atoms. The summed E-state index contributed by atoms with van der Waals surface area (Å²) in [5.41, 5.74) is 4.56. The molecular formula is C26H30N2O6. The molecule has 4 rings (SSSR count). The summed E-state index contributed by atoms with van der Waals surface area (Å²) >= 11 is 0. The van der Waals surface area contributed by atoms with Crippen molar-refractivity contribution in [2.75, 3.05) is 26.3 Å². The van der Waals surface area contributed by atoms with Crippen molar-refractivity contribution < 1.29 is 29.0 Å². The Hall–Kier alpha value is -3.39. The van der Waals surface area contributed by atoms with Crippen LogP contribution in [0, 0.1) is 0 Å². The van der Waals surface area contributed by atoms with Gasteiger partial charge in [-0.1, -0.05) is 68.3 Å². The zero-order valence-electron chi connectivity index (χ0n) is 19.2. The zero-order chi connectivity index (χ0) is 24.1. The van der Waals surface area contributed by atoms with Crippen molar-refractivity contribution in [3.8, 4) is 11.1 Å². The summed E-state index contributed by atoms with van der Waals surface area (Å²) in [6.07, 6.45) is 1.28. The van der Waals surface area contributed by atoms with Crippen LogP contribution in [0.15, 0.2) is 48.5 Å². The Morgan fingerprint density at radius 1 is 1.06 bits per heavy atom. The number of unbranched alkanes of at least 4 members (excludes halogenated alkanes) is 1. The molecule has 2 aliphatic rings. The highest BCUT2D eigenvalue weighted by Crippen LogP contribution is 2.44. The van der Waals surface area contributed by atoms with Gasteiger partial charge in [0, 0.05) is 19.0 Å². The molecule has 2 aromatic carbocycles. The summed E-state index contributed by atoms with van der Waals surface area (Å²) in [5.74, 6) is -1.29. The minimum atomic E-state index is -1.04. The van der Waals surface area contributed by atoms with E-state index >= 15 is 0 Å². The number of nitrogens with zero attached hydrogens (tertiary/aromatic N) is 1. The maximum Gasteiger partial charge on any atom is 0.407 e. The molecule has 2 N–H and O–H groups in total. The number of rotatable bonds is 10. The van der Waals surface area contributed by atoms with Crippen LogP contribution in [0.1, 0.15) is 43.2 Å². The number of carbonyl (C=O) groups is 3. The summed E-state index contributed by atoms with van der Waals surface area (Å²) < 4.78 is 10.8. The SMILES string of the molecule is CCCCC(NC(=O)OCC1c2ccccc2-c2ccccc21)C(=O)N1CC(OCC(=O)O)C1. The number of nitrogens with one attached hydrogen (secondary N) is 1. The third kappa shape index (κ3) is 5.22. The van der Waals surface area contributed by atoms with Crippen LogP contribution >= 0.6 is 0 Å². The van der Waals surface area contributed by atoms with Crippen molar-refractivity contribution >= 4 is 18.0 Å². The Kier molecular flexibility index (Phi) is 7.47. The molecule has 8 heteroatoms. The van der Waals surface area contributed by atoms with E-state index in [2.05, 4.69) is 29.6 Å². The van der Waals surface area contributed by atoms with Crippen molar-refractivity contribution in [3.63, 3.8) is 0 Å². The van der Waals surface area contributed by atoms with E-state index in [1.807, 2.05) is 31.2 Å². The molecule has 0 radical (unpaired) electrons. The topological polar surface area (TPSA) is 105 Å². The van der Waals surface area contributed by atoms with Gasteiger partial charge in [-0.15, -0.1) is 0 Å². The Morgan fingerprint density at radius 3 is 2.26 bits per heavy atom. The average Bonchev–Trinajstić information content (AvgIpc) is 3.12. The number of benzene rings is 2. The molecule has 2 aromatic rings. The standard InChI is InChI=1S/C26H30N2O6/c1-2-3-12-23(25(31)28-13-17(14-28)33-16-24(29)30)27-26(32)34-15-22-20-10-6-4-8-18(20)19-9-5-7-11-21(19)22/h4-11,17,22-23H,2-3,12-16H2,1H3,(H,27,32)(H,29,30). The molecule has 0 aromatic heterocycles. The van der Waals surface area contributed by atoms with Gasteiger partial charge < -0.3 is 24.8 Å². The van der Waals surface area contributed by atoms with Crippen LogP contribution < -0.4 is 5.32 Å². The molecular weight excluding hydrogens is 436 g/mol. The summed E-state index contributed by atoms with van der Waals surface area (Å²) in [4.78, 5) is 37.8. The lowest BCUT2D eigenvalue weighted by molar-refractivity contribution is -0.155. The first-order valence-electron chi connectivity index (χ1n) is 11.7. The first-order chi connectivity index (χ1) is 16.5. The van der Waals surface area contributed by atoms with Crippen molar-refractivity contribution in [2.45, 2.75) is 44.2 Å². The van der Waals surface area contributed by atoms with Crippen LogP contribution in [0.25, 0.3) is 11.1 Å². The fraction of sp³-hybridized carbons (Fsp3) is 0.423. The lowest BCUT2D eigenvalue weighted by Crippen LogP contribution is -2.60. The van der Waals surface area contributed by atoms with Gasteiger partial charge in [-0.05, 0) is 28.7 Å². The van der Waals surface area contributed by atoms with E-state index in [1.54, 1.807) is 4.90 Å². The number of carboxylic acid groups (broad SMARTS) is 1. The van der Waals surface area contributed by atoms with Gasteiger partial charge in [0.25, 0.3) is 0 Å². The minimum absolute atomic E-state index is 0.0505.